The van der Waals surface area contributed by atoms with Gasteiger partial charge in [0.2, 0.25) is 5.91 Å². The Labute approximate surface area is 146 Å². The molecule has 0 bridgehead atoms. The first-order valence-electron chi connectivity index (χ1n) is 7.71. The summed E-state index contributed by atoms with van der Waals surface area (Å²) in [6.45, 7) is 9.16. The van der Waals surface area contributed by atoms with E-state index in [1.165, 1.54) is 6.20 Å². The molecular weight excluding hydrogens is 325 g/mol. The molecule has 7 heteroatoms. The summed E-state index contributed by atoms with van der Waals surface area (Å²) < 4.78 is 13.2. The first kappa shape index (κ1) is 20.1. The number of aromatic nitrogens is 1. The monoisotopic (exact) mass is 347 g/mol. The topological polar surface area (TPSA) is 91.3 Å². The third-order valence-corrected chi connectivity index (χ3v) is 3.40. The van der Waals surface area contributed by atoms with Crippen molar-refractivity contribution in [1.82, 2.24) is 10.3 Å². The van der Waals surface area contributed by atoms with Crippen LogP contribution >= 0.6 is 0 Å². The minimum atomic E-state index is -1.26. The number of aromatic carboxylic acids is 1. The third-order valence-electron chi connectivity index (χ3n) is 3.40. The molecule has 6 nitrogen and oxygen atoms in total. The molecule has 1 amide bonds. The number of carbonyl (C=O) groups excluding carboxylic acids is 1. The van der Waals surface area contributed by atoms with Gasteiger partial charge in [-0.05, 0) is 36.6 Å². The molecule has 0 radical (unpaired) electrons. The summed E-state index contributed by atoms with van der Waals surface area (Å²) >= 11 is 0. The number of carboxylic acids is 1. The molecule has 0 aliphatic rings. The van der Waals surface area contributed by atoms with Gasteiger partial charge in [0.25, 0.3) is 0 Å². The van der Waals surface area contributed by atoms with Gasteiger partial charge in [-0.3, -0.25) is 4.79 Å². The lowest BCUT2D eigenvalue weighted by Gasteiger charge is -2.22. The van der Waals surface area contributed by atoms with E-state index >= 15 is 0 Å². The minimum Gasteiger partial charge on any atom is -0.478 e. The van der Waals surface area contributed by atoms with Gasteiger partial charge < -0.3 is 15.7 Å². The fourth-order valence-electron chi connectivity index (χ4n) is 2.19. The highest BCUT2D eigenvalue weighted by Crippen LogP contribution is 2.21. The molecule has 0 spiro atoms. The first-order valence-corrected chi connectivity index (χ1v) is 7.71. The van der Waals surface area contributed by atoms with Crippen molar-refractivity contribution in [2.24, 2.45) is 5.92 Å². The SMILES string of the molecule is C=CC(=O)N/C=C\C=C(/C(C)C)C(C)Nc1ncc(F)cc1C(=O)O. The van der Waals surface area contributed by atoms with Crippen LogP contribution in [-0.4, -0.2) is 28.0 Å². The van der Waals surface area contributed by atoms with Crippen LogP contribution in [0.5, 0.6) is 0 Å². The number of hydrogen-bond donors (Lipinski definition) is 3. The predicted molar refractivity (Wildman–Crippen MR) is 94.6 cm³/mol. The average Bonchev–Trinajstić information content (AvgIpc) is 2.55. The van der Waals surface area contributed by atoms with E-state index in [9.17, 15) is 19.1 Å². The largest absolute Gasteiger partial charge is 0.478 e. The number of nitrogens with one attached hydrogen (secondary N) is 2. The van der Waals surface area contributed by atoms with Gasteiger partial charge in [-0.25, -0.2) is 14.2 Å². The van der Waals surface area contributed by atoms with E-state index in [0.717, 1.165) is 23.9 Å². The molecule has 0 aliphatic heterocycles. The molecule has 1 heterocycles. The van der Waals surface area contributed by atoms with Gasteiger partial charge in [-0.1, -0.05) is 26.5 Å². The van der Waals surface area contributed by atoms with E-state index < -0.39 is 11.8 Å². The predicted octanol–water partition coefficient (Wildman–Crippen LogP) is 3.12. The normalized spacial score (nSPS) is 12.9. The van der Waals surface area contributed by atoms with E-state index in [0.29, 0.717) is 0 Å². The Morgan fingerprint density at radius 3 is 2.60 bits per heavy atom. The maximum absolute atomic E-state index is 13.2. The van der Waals surface area contributed by atoms with Gasteiger partial charge in [-0.2, -0.15) is 0 Å². The number of allylic oxidation sites excluding steroid dienone is 2. The Bertz CT molecular complexity index is 712. The van der Waals surface area contributed by atoms with Gasteiger partial charge in [0.15, 0.2) is 0 Å². The van der Waals surface area contributed by atoms with E-state index in [1.54, 1.807) is 6.08 Å². The highest BCUT2D eigenvalue weighted by Gasteiger charge is 2.17. The Kier molecular flexibility index (Phi) is 7.52. The molecule has 0 aliphatic carbocycles. The van der Waals surface area contributed by atoms with Gasteiger partial charge in [0.05, 0.1) is 6.20 Å². The molecule has 0 fully saturated rings. The number of carboxylic acid groups (broad SMARTS) is 1. The van der Waals surface area contributed by atoms with Crippen LogP contribution in [-0.2, 0) is 4.79 Å². The van der Waals surface area contributed by atoms with Crippen molar-refractivity contribution in [3.8, 4) is 0 Å². The van der Waals surface area contributed by atoms with Crippen molar-refractivity contribution < 1.29 is 19.1 Å². The maximum Gasteiger partial charge on any atom is 0.339 e. The van der Waals surface area contributed by atoms with Gasteiger partial charge in [0.1, 0.15) is 17.2 Å². The summed E-state index contributed by atoms with van der Waals surface area (Å²) in [6.07, 6.45) is 7.10. The van der Waals surface area contributed by atoms with Crippen LogP contribution < -0.4 is 10.6 Å². The van der Waals surface area contributed by atoms with Crippen molar-refractivity contribution >= 4 is 17.7 Å². The summed E-state index contributed by atoms with van der Waals surface area (Å²) in [4.78, 5) is 26.2. The fraction of sp³-hybridized carbons (Fsp3) is 0.278. The van der Waals surface area contributed by atoms with E-state index in [2.05, 4.69) is 22.2 Å². The first-order chi connectivity index (χ1) is 11.8. The van der Waals surface area contributed by atoms with Crippen molar-refractivity contribution in [3.05, 3.63) is 60.2 Å². The molecule has 1 atom stereocenters. The number of carbonyl (C=O) groups is 2. The molecule has 25 heavy (non-hydrogen) atoms. The zero-order valence-electron chi connectivity index (χ0n) is 14.4. The maximum atomic E-state index is 13.2. The average molecular weight is 347 g/mol. The number of nitrogens with zero attached hydrogens (tertiary/aromatic N) is 1. The van der Waals surface area contributed by atoms with E-state index in [4.69, 9.17) is 0 Å². The number of hydrogen-bond acceptors (Lipinski definition) is 4. The summed E-state index contributed by atoms with van der Waals surface area (Å²) in [5.41, 5.74) is 0.718. The standard InChI is InChI=1S/C18H22FN3O3/c1-5-16(23)20-8-6-7-14(11(2)3)12(4)22-17-15(18(24)25)9-13(19)10-21-17/h5-12H,1H2,2-4H3,(H,20,23)(H,21,22)(H,24,25)/b8-6-,14-7+. The molecule has 134 valence electrons. The van der Waals surface area contributed by atoms with Crippen molar-refractivity contribution in [3.63, 3.8) is 0 Å². The van der Waals surface area contributed by atoms with Crippen LogP contribution in [0.3, 0.4) is 0 Å². The number of anilines is 1. The van der Waals surface area contributed by atoms with Gasteiger partial charge >= 0.3 is 5.97 Å². The second-order valence-electron chi connectivity index (χ2n) is 5.61. The van der Waals surface area contributed by atoms with Crippen LogP contribution in [0.1, 0.15) is 31.1 Å². The number of rotatable bonds is 8. The minimum absolute atomic E-state index is 0.0943. The summed E-state index contributed by atoms with van der Waals surface area (Å²) in [5.74, 6) is -2.05. The molecule has 3 N–H and O–H groups in total. The number of halogens is 1. The second-order valence-corrected chi connectivity index (χ2v) is 5.61. The number of pyridine rings is 1. The number of amides is 1. The van der Waals surface area contributed by atoms with E-state index in [1.807, 2.05) is 26.8 Å². The lowest BCUT2D eigenvalue weighted by Crippen LogP contribution is -2.23. The van der Waals surface area contributed by atoms with Crippen LogP contribution in [0.15, 0.2) is 48.8 Å². The third kappa shape index (κ3) is 6.21. The van der Waals surface area contributed by atoms with Crippen molar-refractivity contribution in [2.75, 3.05) is 5.32 Å². The molecule has 1 unspecified atom stereocenters. The van der Waals surface area contributed by atoms with E-state index in [-0.39, 0.29) is 29.2 Å². The second kappa shape index (κ2) is 9.36. The van der Waals surface area contributed by atoms with Crippen molar-refractivity contribution in [1.29, 1.82) is 0 Å². The Balaban J connectivity index is 2.97. The van der Waals surface area contributed by atoms with Gasteiger partial charge in [0, 0.05) is 12.2 Å². The van der Waals surface area contributed by atoms with Crippen LogP contribution in [0.4, 0.5) is 10.2 Å². The van der Waals surface area contributed by atoms with Gasteiger partial charge in [-0.15, -0.1) is 0 Å². The fourth-order valence-corrected chi connectivity index (χ4v) is 2.19. The summed E-state index contributed by atoms with van der Waals surface area (Å²) in [5, 5.41) is 14.7. The molecule has 0 saturated heterocycles. The van der Waals surface area contributed by atoms with Crippen LogP contribution in [0.2, 0.25) is 0 Å². The highest BCUT2D eigenvalue weighted by molar-refractivity contribution is 5.93. The summed E-state index contributed by atoms with van der Waals surface area (Å²) in [7, 11) is 0. The molecular formula is C18H22FN3O3. The molecule has 0 saturated carbocycles. The zero-order chi connectivity index (χ0) is 19.0. The highest BCUT2D eigenvalue weighted by atomic mass is 19.1. The Morgan fingerprint density at radius 2 is 2.04 bits per heavy atom. The molecule has 0 aromatic carbocycles. The summed E-state index contributed by atoms with van der Waals surface area (Å²) in [6, 6.07) is 0.671. The Hall–Kier alpha value is -2.96. The lowest BCUT2D eigenvalue weighted by atomic mass is 9.96. The molecule has 1 aromatic heterocycles. The quantitative estimate of drug-likeness (QED) is 0.496. The molecule has 1 aromatic rings. The van der Waals surface area contributed by atoms with Crippen molar-refractivity contribution in [2.45, 2.75) is 26.8 Å². The van der Waals surface area contributed by atoms with Crippen LogP contribution in [0.25, 0.3) is 0 Å². The van der Waals surface area contributed by atoms with Crippen LogP contribution in [0, 0.1) is 11.7 Å². The smallest absolute Gasteiger partial charge is 0.339 e. The molecule has 1 rings (SSSR count). The Morgan fingerprint density at radius 1 is 1.36 bits per heavy atom. The lowest BCUT2D eigenvalue weighted by molar-refractivity contribution is -0.115. The zero-order valence-corrected chi connectivity index (χ0v) is 14.4.